The summed E-state index contributed by atoms with van der Waals surface area (Å²) >= 11 is 6.06. The van der Waals surface area contributed by atoms with Crippen LogP contribution in [0.1, 0.15) is 11.3 Å². The fourth-order valence-corrected chi connectivity index (χ4v) is 2.23. The van der Waals surface area contributed by atoms with Crippen LogP contribution in [0.5, 0.6) is 0 Å². The van der Waals surface area contributed by atoms with Crippen molar-refractivity contribution in [3.8, 4) is 0 Å². The Labute approximate surface area is 123 Å². The number of aromatic nitrogens is 1. The fourth-order valence-electron chi connectivity index (χ4n) is 2.01. The molecule has 108 valence electrons. The lowest BCUT2D eigenvalue weighted by Gasteiger charge is -2.12. The van der Waals surface area contributed by atoms with Crippen molar-refractivity contribution >= 4 is 11.6 Å². The third-order valence-electron chi connectivity index (χ3n) is 3.10. The molecule has 1 aromatic carbocycles. The molecule has 0 radical (unpaired) electrons. The lowest BCUT2D eigenvalue weighted by atomic mass is 10.2. The number of benzene rings is 1. The van der Waals surface area contributed by atoms with Crippen molar-refractivity contribution in [1.82, 2.24) is 9.88 Å². The van der Waals surface area contributed by atoms with E-state index in [9.17, 15) is 4.39 Å². The maximum Gasteiger partial charge on any atom is 0.129 e. The van der Waals surface area contributed by atoms with Crippen LogP contribution in [-0.2, 0) is 17.8 Å². The van der Waals surface area contributed by atoms with E-state index in [4.69, 9.17) is 16.3 Å². The molecule has 0 fully saturated rings. The Balaban J connectivity index is 2.05. The van der Waals surface area contributed by atoms with E-state index in [-0.39, 0.29) is 5.82 Å². The van der Waals surface area contributed by atoms with Crippen molar-refractivity contribution in [2.45, 2.75) is 13.1 Å². The topological polar surface area (TPSA) is 26.2 Å². The van der Waals surface area contributed by atoms with E-state index < -0.39 is 0 Å². The summed E-state index contributed by atoms with van der Waals surface area (Å²) in [7, 11) is 1.67. The van der Waals surface area contributed by atoms with Gasteiger partial charge in [-0.15, -0.1) is 0 Å². The molecule has 0 saturated carbocycles. The average Bonchev–Trinajstić information content (AvgIpc) is 2.87. The zero-order chi connectivity index (χ0) is 14.4. The highest BCUT2D eigenvalue weighted by Crippen LogP contribution is 2.20. The van der Waals surface area contributed by atoms with E-state index in [0.717, 1.165) is 12.2 Å². The largest absolute Gasteiger partial charge is 0.383 e. The van der Waals surface area contributed by atoms with Gasteiger partial charge in [-0.05, 0) is 24.3 Å². The summed E-state index contributed by atoms with van der Waals surface area (Å²) in [4.78, 5) is 0. The molecule has 2 rings (SSSR count). The second-order valence-corrected chi connectivity index (χ2v) is 4.90. The van der Waals surface area contributed by atoms with Gasteiger partial charge in [-0.1, -0.05) is 17.7 Å². The first kappa shape index (κ1) is 15.0. The summed E-state index contributed by atoms with van der Waals surface area (Å²) in [5.41, 5.74) is 1.60. The van der Waals surface area contributed by atoms with E-state index in [2.05, 4.69) is 5.32 Å². The monoisotopic (exact) mass is 296 g/mol. The fraction of sp³-hybridized carbons (Fsp3) is 0.333. The molecule has 1 aromatic heterocycles. The highest BCUT2D eigenvalue weighted by Gasteiger charge is 2.09. The van der Waals surface area contributed by atoms with E-state index in [0.29, 0.717) is 30.3 Å². The third-order valence-corrected chi connectivity index (χ3v) is 3.46. The molecular weight excluding hydrogens is 279 g/mol. The van der Waals surface area contributed by atoms with Crippen LogP contribution >= 0.6 is 11.6 Å². The van der Waals surface area contributed by atoms with Crippen LogP contribution < -0.4 is 5.32 Å². The molecule has 20 heavy (non-hydrogen) atoms. The average molecular weight is 297 g/mol. The van der Waals surface area contributed by atoms with Gasteiger partial charge in [0.25, 0.3) is 0 Å². The number of halogens is 2. The third kappa shape index (κ3) is 3.82. The second-order valence-electron chi connectivity index (χ2n) is 4.50. The van der Waals surface area contributed by atoms with E-state index in [1.54, 1.807) is 19.2 Å². The molecule has 5 heteroatoms. The molecule has 0 spiro atoms. The van der Waals surface area contributed by atoms with Crippen molar-refractivity contribution in [2.24, 2.45) is 0 Å². The SMILES string of the molecule is COCCNCc1cccn1Cc1c(F)cccc1Cl. The minimum absolute atomic E-state index is 0.274. The van der Waals surface area contributed by atoms with Crippen molar-refractivity contribution in [2.75, 3.05) is 20.3 Å². The van der Waals surface area contributed by atoms with Crippen LogP contribution in [0.4, 0.5) is 4.39 Å². The standard InChI is InChI=1S/C15H18ClFN2O/c1-20-9-7-18-10-12-4-3-8-19(12)11-13-14(16)5-2-6-15(13)17/h2-6,8,18H,7,9-11H2,1H3. The molecule has 0 atom stereocenters. The normalized spacial score (nSPS) is 10.9. The van der Waals surface area contributed by atoms with Gasteiger partial charge in [-0.25, -0.2) is 4.39 Å². The molecule has 0 saturated heterocycles. The quantitative estimate of drug-likeness (QED) is 0.795. The van der Waals surface area contributed by atoms with Gasteiger partial charge in [0.05, 0.1) is 13.2 Å². The lowest BCUT2D eigenvalue weighted by molar-refractivity contribution is 0.199. The van der Waals surface area contributed by atoms with Gasteiger partial charge in [0.2, 0.25) is 0 Å². The molecule has 0 aliphatic heterocycles. The molecule has 2 aromatic rings. The number of methoxy groups -OCH3 is 1. The first-order valence-corrected chi connectivity index (χ1v) is 6.86. The predicted molar refractivity (Wildman–Crippen MR) is 78.5 cm³/mol. The van der Waals surface area contributed by atoms with Crippen molar-refractivity contribution in [3.63, 3.8) is 0 Å². The highest BCUT2D eigenvalue weighted by molar-refractivity contribution is 6.31. The molecule has 0 aliphatic rings. The van der Waals surface area contributed by atoms with E-state index in [1.165, 1.54) is 6.07 Å². The van der Waals surface area contributed by atoms with Crippen molar-refractivity contribution in [1.29, 1.82) is 0 Å². The number of rotatable bonds is 7. The zero-order valence-corrected chi connectivity index (χ0v) is 12.2. The molecule has 1 N–H and O–H groups in total. The molecule has 3 nitrogen and oxygen atoms in total. The molecule has 1 heterocycles. The maximum absolute atomic E-state index is 13.8. The molecule has 0 aliphatic carbocycles. The number of hydrogen-bond donors (Lipinski definition) is 1. The Morgan fingerprint density at radius 1 is 1.30 bits per heavy atom. The summed E-state index contributed by atoms with van der Waals surface area (Å²) in [6.07, 6.45) is 1.93. The van der Waals surface area contributed by atoms with E-state index in [1.807, 2.05) is 22.9 Å². The minimum atomic E-state index is -0.274. The molecule has 0 bridgehead atoms. The summed E-state index contributed by atoms with van der Waals surface area (Å²) in [6, 6.07) is 8.71. The van der Waals surface area contributed by atoms with Crippen LogP contribution in [0.15, 0.2) is 36.5 Å². The molecule has 0 unspecified atom stereocenters. The Morgan fingerprint density at radius 3 is 2.90 bits per heavy atom. The minimum Gasteiger partial charge on any atom is -0.383 e. The summed E-state index contributed by atoms with van der Waals surface area (Å²) < 4.78 is 20.8. The number of hydrogen-bond acceptors (Lipinski definition) is 2. The van der Waals surface area contributed by atoms with Crippen LogP contribution in [0.25, 0.3) is 0 Å². The Morgan fingerprint density at radius 2 is 2.15 bits per heavy atom. The zero-order valence-electron chi connectivity index (χ0n) is 11.4. The first-order chi connectivity index (χ1) is 9.72. The van der Waals surface area contributed by atoms with E-state index >= 15 is 0 Å². The summed E-state index contributed by atoms with van der Waals surface area (Å²) in [5, 5.41) is 3.73. The number of ether oxygens (including phenoxy) is 1. The van der Waals surface area contributed by atoms with Crippen molar-refractivity contribution < 1.29 is 9.13 Å². The maximum atomic E-state index is 13.8. The van der Waals surface area contributed by atoms with Crippen LogP contribution in [0.2, 0.25) is 5.02 Å². The Kier molecular flexibility index (Phi) is 5.59. The smallest absolute Gasteiger partial charge is 0.129 e. The van der Waals surface area contributed by atoms with Gasteiger partial charge in [0.15, 0.2) is 0 Å². The number of nitrogens with zero attached hydrogens (tertiary/aromatic N) is 1. The Hall–Kier alpha value is -1.36. The van der Waals surface area contributed by atoms with Gasteiger partial charge >= 0.3 is 0 Å². The van der Waals surface area contributed by atoms with Crippen LogP contribution in [0, 0.1) is 5.82 Å². The van der Waals surface area contributed by atoms with Gasteiger partial charge in [0.1, 0.15) is 5.82 Å². The molecular formula is C15H18ClFN2O. The second kappa shape index (κ2) is 7.43. The van der Waals surface area contributed by atoms with Gasteiger partial charge in [-0.2, -0.15) is 0 Å². The number of nitrogens with one attached hydrogen (secondary N) is 1. The summed E-state index contributed by atoms with van der Waals surface area (Å²) in [6.45, 7) is 2.59. The Bertz CT molecular complexity index is 536. The summed E-state index contributed by atoms with van der Waals surface area (Å²) in [5.74, 6) is -0.274. The van der Waals surface area contributed by atoms with Crippen molar-refractivity contribution in [3.05, 3.63) is 58.6 Å². The predicted octanol–water partition coefficient (Wildman–Crippen LogP) is 3.06. The molecule has 0 amide bonds. The van der Waals surface area contributed by atoms with Crippen LogP contribution in [0.3, 0.4) is 0 Å². The van der Waals surface area contributed by atoms with Crippen LogP contribution in [-0.4, -0.2) is 24.8 Å². The highest BCUT2D eigenvalue weighted by atomic mass is 35.5. The van der Waals surface area contributed by atoms with Gasteiger partial charge < -0.3 is 14.6 Å². The van der Waals surface area contributed by atoms with Gasteiger partial charge in [-0.3, -0.25) is 0 Å². The first-order valence-electron chi connectivity index (χ1n) is 6.49. The van der Waals surface area contributed by atoms with Gasteiger partial charge in [0, 0.05) is 42.7 Å². The lowest BCUT2D eigenvalue weighted by Crippen LogP contribution is -2.20.